The number of anilines is 1. The number of piperazine rings is 1. The van der Waals surface area contributed by atoms with Crippen LogP contribution < -0.4 is 14.8 Å². The Bertz CT molecular complexity index is 1770. The number of aromatic nitrogens is 1. The highest BCUT2D eigenvalue weighted by Crippen LogP contribution is 2.57. The Balaban J connectivity index is 1.13. The molecular formula is C43H56Cl2N4O4. The molecular weight excluding hydrogens is 707 g/mol. The van der Waals surface area contributed by atoms with Gasteiger partial charge in [0.25, 0.3) is 0 Å². The van der Waals surface area contributed by atoms with Crippen LogP contribution in [0, 0.1) is 11.8 Å². The van der Waals surface area contributed by atoms with Crippen molar-refractivity contribution in [3.8, 4) is 11.5 Å². The third-order valence-electron chi connectivity index (χ3n) is 12.8. The van der Waals surface area contributed by atoms with Gasteiger partial charge in [-0.25, -0.2) is 4.79 Å². The third kappa shape index (κ3) is 8.17. The number of halogens is 2. The second-order valence-corrected chi connectivity index (χ2v) is 17.5. The Hall–Kier alpha value is -3.04. The zero-order chi connectivity index (χ0) is 37.3. The molecule has 1 unspecified atom stereocenters. The zero-order valence-electron chi connectivity index (χ0n) is 31.8. The van der Waals surface area contributed by atoms with Crippen molar-refractivity contribution in [2.75, 3.05) is 51.7 Å². The second kappa shape index (κ2) is 16.0. The van der Waals surface area contributed by atoms with Crippen LogP contribution in [0.4, 0.5) is 5.69 Å². The van der Waals surface area contributed by atoms with Crippen molar-refractivity contribution in [2.45, 2.75) is 102 Å². The minimum Gasteiger partial charge on any atom is -0.493 e. The molecule has 1 saturated heterocycles. The van der Waals surface area contributed by atoms with Gasteiger partial charge in [-0.15, -0.1) is 0 Å². The van der Waals surface area contributed by atoms with Gasteiger partial charge in [-0.1, -0.05) is 43.1 Å². The molecule has 0 amide bonds. The molecule has 3 aliphatic carbocycles. The van der Waals surface area contributed by atoms with Gasteiger partial charge < -0.3 is 24.8 Å². The minimum atomic E-state index is -1.09. The van der Waals surface area contributed by atoms with Crippen molar-refractivity contribution >= 4 is 34.9 Å². The number of hydrogen-bond acceptors (Lipinski definition) is 7. The largest absolute Gasteiger partial charge is 0.493 e. The van der Waals surface area contributed by atoms with E-state index in [-0.39, 0.29) is 11.5 Å². The molecule has 8 nitrogen and oxygen atoms in total. The number of likely N-dealkylation sites (N-methyl/N-ethyl adjacent to an activating group) is 1. The molecule has 3 aromatic rings. The molecule has 1 aromatic heterocycles. The fraction of sp³-hybridized carbons (Fsp3) is 0.581. The van der Waals surface area contributed by atoms with E-state index in [9.17, 15) is 9.90 Å². The van der Waals surface area contributed by atoms with Crippen LogP contribution in [0.2, 0.25) is 10.0 Å². The maximum absolute atomic E-state index is 13.1. The molecule has 0 bridgehead atoms. The third-order valence-corrected chi connectivity index (χ3v) is 13.3. The fourth-order valence-corrected chi connectivity index (χ4v) is 10.3. The molecule has 2 heterocycles. The van der Waals surface area contributed by atoms with Gasteiger partial charge in [-0.05, 0) is 142 Å². The fourth-order valence-electron chi connectivity index (χ4n) is 9.84. The molecule has 2 fully saturated rings. The number of ether oxygens (including phenoxy) is 2. The molecule has 1 saturated carbocycles. The normalized spacial score (nSPS) is 27.1. The number of carbonyl (C=O) groups is 1. The highest BCUT2D eigenvalue weighted by molar-refractivity contribution is 6.32. The van der Waals surface area contributed by atoms with Crippen LogP contribution in [0.25, 0.3) is 0 Å². The Morgan fingerprint density at radius 2 is 1.83 bits per heavy atom. The number of aliphatic carboxylic acids is 1. The van der Waals surface area contributed by atoms with Gasteiger partial charge in [0.15, 0.2) is 0 Å². The van der Waals surface area contributed by atoms with Crippen LogP contribution in [-0.2, 0) is 23.1 Å². The van der Waals surface area contributed by atoms with E-state index >= 15 is 0 Å². The van der Waals surface area contributed by atoms with E-state index in [2.05, 4.69) is 60.1 Å². The maximum Gasteiger partial charge on any atom is 0.329 e. The van der Waals surface area contributed by atoms with Gasteiger partial charge >= 0.3 is 5.97 Å². The van der Waals surface area contributed by atoms with Crippen LogP contribution in [0.1, 0.15) is 94.0 Å². The number of fused-ring (bicyclic) bond motifs is 3. The maximum atomic E-state index is 13.1. The first kappa shape index (κ1) is 38.2. The number of benzene rings is 2. The van der Waals surface area contributed by atoms with Crippen molar-refractivity contribution in [1.29, 1.82) is 0 Å². The summed E-state index contributed by atoms with van der Waals surface area (Å²) in [5.74, 6) is 1.94. The summed E-state index contributed by atoms with van der Waals surface area (Å²) in [6, 6.07) is 13.7. The molecule has 2 N–H and O–H groups in total. The highest BCUT2D eigenvalue weighted by atomic mass is 35.5. The number of hydrogen-bond donors (Lipinski definition) is 2. The molecule has 7 rings (SSSR count). The topological polar surface area (TPSA) is 87.2 Å². The van der Waals surface area contributed by atoms with Crippen molar-refractivity contribution in [3.63, 3.8) is 0 Å². The SMILES string of the molecule is CC(CN1CCN(C)CC1)Oc1cc2c(cc1Cl)C[C@H](C[C@@H](C)COc1ccnc3c1[C@H](C)CCC3)C21CCC(Nc2cccc(Cl)c2)(C(=O)O)CC1. The zero-order valence-corrected chi connectivity index (χ0v) is 33.3. The number of carboxylic acids is 1. The first-order valence-corrected chi connectivity index (χ1v) is 20.5. The van der Waals surface area contributed by atoms with E-state index in [1.54, 1.807) is 0 Å². The summed E-state index contributed by atoms with van der Waals surface area (Å²) < 4.78 is 13.2. The van der Waals surface area contributed by atoms with E-state index in [4.69, 9.17) is 32.7 Å². The minimum absolute atomic E-state index is 0.0196. The molecule has 53 heavy (non-hydrogen) atoms. The van der Waals surface area contributed by atoms with E-state index < -0.39 is 11.5 Å². The predicted octanol–water partition coefficient (Wildman–Crippen LogP) is 8.87. The first-order chi connectivity index (χ1) is 25.4. The van der Waals surface area contributed by atoms with Crippen LogP contribution in [0.5, 0.6) is 11.5 Å². The molecule has 1 aliphatic heterocycles. The molecule has 4 aliphatic rings. The summed E-state index contributed by atoms with van der Waals surface area (Å²) in [5, 5.41) is 15.3. The Morgan fingerprint density at radius 3 is 2.57 bits per heavy atom. The van der Waals surface area contributed by atoms with Gasteiger partial charge in [0.2, 0.25) is 0 Å². The average Bonchev–Trinajstić information content (AvgIpc) is 3.40. The van der Waals surface area contributed by atoms with Crippen LogP contribution in [0.15, 0.2) is 48.7 Å². The number of pyridine rings is 1. The highest BCUT2D eigenvalue weighted by Gasteiger charge is 2.54. The van der Waals surface area contributed by atoms with E-state index in [1.807, 2.05) is 36.5 Å². The van der Waals surface area contributed by atoms with Gasteiger partial charge in [0.05, 0.1) is 11.6 Å². The summed E-state index contributed by atoms with van der Waals surface area (Å²) >= 11 is 13.3. The molecule has 2 aromatic carbocycles. The van der Waals surface area contributed by atoms with Crippen molar-refractivity contribution < 1.29 is 19.4 Å². The first-order valence-electron chi connectivity index (χ1n) is 19.7. The summed E-state index contributed by atoms with van der Waals surface area (Å²) in [5.41, 5.74) is 4.45. The van der Waals surface area contributed by atoms with Gasteiger partial charge in [-0.2, -0.15) is 0 Å². The monoisotopic (exact) mass is 762 g/mol. The smallest absolute Gasteiger partial charge is 0.329 e. The summed E-state index contributed by atoms with van der Waals surface area (Å²) in [6.07, 6.45) is 9.57. The van der Waals surface area contributed by atoms with Gasteiger partial charge in [0.1, 0.15) is 23.1 Å². The predicted molar refractivity (Wildman–Crippen MR) is 213 cm³/mol. The molecule has 1 spiro atoms. The number of rotatable bonds is 12. The number of carboxylic acid groups (broad SMARTS) is 1. The lowest BCUT2D eigenvalue weighted by atomic mass is 9.59. The lowest BCUT2D eigenvalue weighted by Crippen LogP contribution is -2.53. The van der Waals surface area contributed by atoms with Crippen molar-refractivity contribution in [2.24, 2.45) is 11.8 Å². The van der Waals surface area contributed by atoms with Crippen LogP contribution in [-0.4, -0.2) is 83.9 Å². The number of aryl methyl sites for hydroxylation is 1. The molecule has 0 radical (unpaired) electrons. The Kier molecular flexibility index (Phi) is 11.5. The standard InChI is InChI=1S/C43H56Cl2N4O4/c1-28(27-52-38-11-16-46-37-10-5-7-29(2)40(37)38)21-32-22-31-23-36(45)39(53-30(3)26-49-19-17-48(4)18-20-49)25-35(31)42(32)12-14-43(15-13-42,41(50)51)47-34-9-6-8-33(44)24-34/h6,8-9,11,16,23-25,28-30,32,47H,5,7,10,12-15,17-22,26-27H2,1-4H3,(H,50,51)/t28-,29-,30?,32+,42?,43?/m1/s1. The van der Waals surface area contributed by atoms with Gasteiger partial charge in [0, 0.05) is 60.9 Å². The summed E-state index contributed by atoms with van der Waals surface area (Å²) in [6.45, 7) is 12.4. The Labute approximate surface area is 325 Å². The molecule has 4 atom stereocenters. The van der Waals surface area contributed by atoms with Crippen molar-refractivity contribution in [1.82, 2.24) is 14.8 Å². The quantitative estimate of drug-likeness (QED) is 0.189. The average molecular weight is 764 g/mol. The van der Waals surface area contributed by atoms with Crippen LogP contribution in [0.3, 0.4) is 0 Å². The number of nitrogens with zero attached hydrogens (tertiary/aromatic N) is 3. The van der Waals surface area contributed by atoms with Crippen LogP contribution >= 0.6 is 23.2 Å². The van der Waals surface area contributed by atoms with Crippen molar-refractivity contribution in [3.05, 3.63) is 81.1 Å². The molecule has 286 valence electrons. The summed E-state index contributed by atoms with van der Waals surface area (Å²) in [4.78, 5) is 22.6. The summed E-state index contributed by atoms with van der Waals surface area (Å²) in [7, 11) is 2.17. The lowest BCUT2D eigenvalue weighted by molar-refractivity contribution is -0.144. The van der Waals surface area contributed by atoms with E-state index in [0.717, 1.165) is 82.0 Å². The van der Waals surface area contributed by atoms with Gasteiger partial charge in [-0.3, -0.25) is 9.88 Å². The Morgan fingerprint density at radius 1 is 1.06 bits per heavy atom. The van der Waals surface area contributed by atoms with E-state index in [1.165, 1.54) is 35.2 Å². The number of nitrogens with one attached hydrogen (secondary N) is 1. The van der Waals surface area contributed by atoms with E-state index in [0.29, 0.717) is 47.2 Å². The lowest BCUT2D eigenvalue weighted by Gasteiger charge is -2.47. The second-order valence-electron chi connectivity index (χ2n) is 16.7. The molecule has 10 heteroatoms.